The summed E-state index contributed by atoms with van der Waals surface area (Å²) in [6.07, 6.45) is 1.21. The lowest BCUT2D eigenvalue weighted by Crippen LogP contribution is -2.05. The van der Waals surface area contributed by atoms with Crippen molar-refractivity contribution in [2.24, 2.45) is 0 Å². The van der Waals surface area contributed by atoms with Gasteiger partial charge < -0.3 is 9.52 Å². The van der Waals surface area contributed by atoms with Gasteiger partial charge in [-0.3, -0.25) is 4.79 Å². The second-order valence-corrected chi connectivity index (χ2v) is 4.68. The average Bonchev–Trinajstić information content (AvgIpc) is 2.50. The monoisotopic (exact) mass is 266 g/mol. The fraction of sp³-hybridized carbons (Fsp3) is 0.118. The third kappa shape index (κ3) is 2.30. The molecule has 1 N–H and O–H groups in total. The Labute approximate surface area is 116 Å². The Kier molecular flexibility index (Phi) is 3.25. The third-order valence-electron chi connectivity index (χ3n) is 3.33. The molecule has 0 amide bonds. The molecule has 3 nitrogen and oxygen atoms in total. The largest absolute Gasteiger partial charge is 0.502 e. The quantitative estimate of drug-likeness (QED) is 0.791. The van der Waals surface area contributed by atoms with Crippen molar-refractivity contribution in [1.82, 2.24) is 0 Å². The van der Waals surface area contributed by atoms with Gasteiger partial charge in [-0.25, -0.2) is 0 Å². The molecule has 3 heteroatoms. The summed E-state index contributed by atoms with van der Waals surface area (Å²) in [5, 5.41) is 10.4. The van der Waals surface area contributed by atoms with E-state index in [1.807, 2.05) is 36.4 Å². The topological polar surface area (TPSA) is 50.4 Å². The van der Waals surface area contributed by atoms with E-state index in [-0.39, 0.29) is 11.2 Å². The van der Waals surface area contributed by atoms with Gasteiger partial charge in [-0.15, -0.1) is 0 Å². The number of rotatable bonds is 3. The Balaban J connectivity index is 1.96. The van der Waals surface area contributed by atoms with E-state index in [1.54, 1.807) is 18.2 Å². The molecule has 0 radical (unpaired) electrons. The van der Waals surface area contributed by atoms with Crippen LogP contribution in [0.5, 0.6) is 5.75 Å². The fourth-order valence-corrected chi connectivity index (χ4v) is 2.25. The van der Waals surface area contributed by atoms with Crippen LogP contribution < -0.4 is 5.43 Å². The van der Waals surface area contributed by atoms with Gasteiger partial charge in [0.2, 0.25) is 11.2 Å². The predicted octanol–water partition coefficient (Wildman–Crippen LogP) is 3.28. The van der Waals surface area contributed by atoms with Gasteiger partial charge in [-0.2, -0.15) is 0 Å². The molecule has 0 saturated heterocycles. The molecule has 0 aliphatic heterocycles. The molecule has 1 aromatic heterocycles. The Hall–Kier alpha value is -2.55. The van der Waals surface area contributed by atoms with Gasteiger partial charge >= 0.3 is 0 Å². The molecule has 0 aliphatic rings. The molecule has 0 atom stereocenters. The van der Waals surface area contributed by atoms with Crippen molar-refractivity contribution in [3.05, 3.63) is 76.1 Å². The SMILES string of the molecule is O=c1c(O)c(CCc2ccccc2)oc2ccccc12. The Morgan fingerprint density at radius 2 is 1.60 bits per heavy atom. The second kappa shape index (κ2) is 5.21. The first-order valence-corrected chi connectivity index (χ1v) is 6.53. The van der Waals surface area contributed by atoms with Crippen LogP contribution in [0, 0.1) is 0 Å². The third-order valence-corrected chi connectivity index (χ3v) is 3.33. The normalized spacial score (nSPS) is 10.8. The highest BCUT2D eigenvalue weighted by molar-refractivity contribution is 5.77. The first kappa shape index (κ1) is 12.5. The van der Waals surface area contributed by atoms with Crippen LogP contribution in [-0.4, -0.2) is 5.11 Å². The van der Waals surface area contributed by atoms with Crippen LogP contribution in [0.2, 0.25) is 0 Å². The number of aryl methyl sites for hydroxylation is 2. The smallest absolute Gasteiger partial charge is 0.234 e. The lowest BCUT2D eigenvalue weighted by molar-refractivity contribution is 0.416. The van der Waals surface area contributed by atoms with E-state index in [0.29, 0.717) is 23.2 Å². The highest BCUT2D eigenvalue weighted by Crippen LogP contribution is 2.21. The van der Waals surface area contributed by atoms with Crippen LogP contribution in [0.3, 0.4) is 0 Å². The lowest BCUT2D eigenvalue weighted by Gasteiger charge is -2.05. The molecule has 0 spiro atoms. The van der Waals surface area contributed by atoms with Crippen molar-refractivity contribution in [3.63, 3.8) is 0 Å². The zero-order chi connectivity index (χ0) is 13.9. The number of fused-ring (bicyclic) bond motifs is 1. The maximum Gasteiger partial charge on any atom is 0.234 e. The summed E-state index contributed by atoms with van der Waals surface area (Å²) in [5.74, 6) is 0.0668. The van der Waals surface area contributed by atoms with Gasteiger partial charge in [-0.1, -0.05) is 42.5 Å². The predicted molar refractivity (Wildman–Crippen MR) is 78.0 cm³/mol. The Morgan fingerprint density at radius 1 is 0.900 bits per heavy atom. The molecule has 0 unspecified atom stereocenters. The van der Waals surface area contributed by atoms with Crippen LogP contribution in [0.25, 0.3) is 11.0 Å². The molecule has 0 fully saturated rings. The van der Waals surface area contributed by atoms with E-state index < -0.39 is 0 Å². The van der Waals surface area contributed by atoms with E-state index in [0.717, 1.165) is 12.0 Å². The minimum Gasteiger partial charge on any atom is -0.502 e. The van der Waals surface area contributed by atoms with Gasteiger partial charge in [0.05, 0.1) is 5.39 Å². The number of benzene rings is 2. The molecule has 3 rings (SSSR count). The van der Waals surface area contributed by atoms with Crippen molar-refractivity contribution < 1.29 is 9.52 Å². The van der Waals surface area contributed by atoms with Gasteiger partial charge in [0.25, 0.3) is 0 Å². The van der Waals surface area contributed by atoms with E-state index in [9.17, 15) is 9.90 Å². The number of hydrogen-bond donors (Lipinski definition) is 1. The highest BCUT2D eigenvalue weighted by Gasteiger charge is 2.12. The summed E-state index contributed by atoms with van der Waals surface area (Å²) in [6, 6.07) is 16.9. The van der Waals surface area contributed by atoms with Gasteiger partial charge in [-0.05, 0) is 24.1 Å². The van der Waals surface area contributed by atoms with E-state index in [1.165, 1.54) is 0 Å². The van der Waals surface area contributed by atoms with Crippen molar-refractivity contribution in [3.8, 4) is 5.75 Å². The maximum atomic E-state index is 12.1. The first-order chi connectivity index (χ1) is 9.75. The average molecular weight is 266 g/mol. The number of hydrogen-bond acceptors (Lipinski definition) is 3. The molecule has 0 bridgehead atoms. The zero-order valence-electron chi connectivity index (χ0n) is 10.9. The van der Waals surface area contributed by atoms with Crippen LogP contribution in [0.1, 0.15) is 11.3 Å². The molecule has 100 valence electrons. The summed E-state index contributed by atoms with van der Waals surface area (Å²) < 4.78 is 5.65. The summed E-state index contributed by atoms with van der Waals surface area (Å²) in [5.41, 5.74) is 1.29. The second-order valence-electron chi connectivity index (χ2n) is 4.68. The molecule has 2 aromatic carbocycles. The molecule has 0 saturated carbocycles. The standard InChI is InChI=1S/C17H14O3/c18-16-13-8-4-5-9-14(13)20-15(17(16)19)11-10-12-6-2-1-3-7-12/h1-9,19H,10-11H2. The van der Waals surface area contributed by atoms with Crippen molar-refractivity contribution in [2.75, 3.05) is 0 Å². The van der Waals surface area contributed by atoms with Crippen LogP contribution in [0.4, 0.5) is 0 Å². The number of para-hydroxylation sites is 1. The van der Waals surface area contributed by atoms with Crippen LogP contribution in [-0.2, 0) is 12.8 Å². The number of aromatic hydroxyl groups is 1. The van der Waals surface area contributed by atoms with Crippen molar-refractivity contribution in [2.45, 2.75) is 12.8 Å². The van der Waals surface area contributed by atoms with Crippen LogP contribution in [0.15, 0.2) is 63.8 Å². The minimum absolute atomic E-state index is 0.278. The summed E-state index contributed by atoms with van der Waals surface area (Å²) in [4.78, 5) is 12.1. The molecular formula is C17H14O3. The molecule has 1 heterocycles. The van der Waals surface area contributed by atoms with Gasteiger partial charge in [0.1, 0.15) is 5.58 Å². The van der Waals surface area contributed by atoms with Crippen molar-refractivity contribution >= 4 is 11.0 Å². The maximum absolute atomic E-state index is 12.1. The van der Waals surface area contributed by atoms with E-state index >= 15 is 0 Å². The summed E-state index contributed by atoms with van der Waals surface area (Å²) in [7, 11) is 0. The Bertz CT molecular complexity index is 788. The fourth-order valence-electron chi connectivity index (χ4n) is 2.25. The Morgan fingerprint density at radius 3 is 2.40 bits per heavy atom. The van der Waals surface area contributed by atoms with Crippen molar-refractivity contribution in [1.29, 1.82) is 0 Å². The lowest BCUT2D eigenvalue weighted by atomic mass is 10.1. The molecule has 0 aliphatic carbocycles. The van der Waals surface area contributed by atoms with E-state index in [2.05, 4.69) is 0 Å². The van der Waals surface area contributed by atoms with Gasteiger partial charge in [0, 0.05) is 6.42 Å². The summed E-state index contributed by atoms with van der Waals surface area (Å²) >= 11 is 0. The highest BCUT2D eigenvalue weighted by atomic mass is 16.4. The van der Waals surface area contributed by atoms with Crippen LogP contribution >= 0.6 is 0 Å². The minimum atomic E-state index is -0.366. The van der Waals surface area contributed by atoms with E-state index in [4.69, 9.17) is 4.42 Å². The zero-order valence-corrected chi connectivity index (χ0v) is 10.9. The molecule has 20 heavy (non-hydrogen) atoms. The molecular weight excluding hydrogens is 252 g/mol. The first-order valence-electron chi connectivity index (χ1n) is 6.53. The van der Waals surface area contributed by atoms with Gasteiger partial charge in [0.15, 0.2) is 5.76 Å². The summed E-state index contributed by atoms with van der Waals surface area (Å²) in [6.45, 7) is 0. The molecule has 3 aromatic rings.